The maximum atomic E-state index is 11.3. The molecule has 0 amide bonds. The molecule has 2 aliphatic rings. The van der Waals surface area contributed by atoms with Crippen LogP contribution >= 0.6 is 0 Å². The van der Waals surface area contributed by atoms with Gasteiger partial charge >= 0.3 is 16.2 Å². The molecular weight excluding hydrogens is 220 g/mol. The Balaban J connectivity index is 2.35. The van der Waals surface area contributed by atoms with Crippen molar-refractivity contribution in [3.05, 3.63) is 11.8 Å². The Kier molecular flexibility index (Phi) is 2.26. The number of methoxy groups -OCH3 is 1. The Labute approximate surface area is 87.2 Å². The second-order valence-electron chi connectivity index (χ2n) is 3.42. The van der Waals surface area contributed by atoms with Crippen LogP contribution in [0.2, 0.25) is 0 Å². The van der Waals surface area contributed by atoms with Crippen LogP contribution in [0, 0.1) is 5.92 Å². The molecule has 15 heavy (non-hydrogen) atoms. The fourth-order valence-electron chi connectivity index (χ4n) is 1.30. The molecule has 1 saturated carbocycles. The number of nitrogens with zero attached hydrogens (tertiary/aromatic N) is 1. The average molecular weight is 230 g/mol. The molecule has 1 aliphatic carbocycles. The molecule has 1 aliphatic heterocycles. The van der Waals surface area contributed by atoms with E-state index < -0.39 is 16.2 Å². The molecule has 7 heteroatoms. The number of rotatable bonds is 2. The first kappa shape index (κ1) is 10.2. The van der Waals surface area contributed by atoms with Crippen LogP contribution in [0.3, 0.4) is 0 Å². The molecule has 0 radical (unpaired) electrons. The Bertz CT molecular complexity index is 459. The van der Waals surface area contributed by atoms with Gasteiger partial charge in [0.15, 0.2) is 5.71 Å². The number of carbonyl (C=O) groups excluding carboxylic acids is 1. The van der Waals surface area contributed by atoms with Crippen molar-refractivity contribution in [1.29, 1.82) is 0 Å². The smallest absolute Gasteiger partial charge is 0.357 e. The van der Waals surface area contributed by atoms with E-state index >= 15 is 0 Å². The van der Waals surface area contributed by atoms with Crippen molar-refractivity contribution in [3.63, 3.8) is 0 Å². The van der Waals surface area contributed by atoms with Gasteiger partial charge in [-0.2, -0.15) is 8.42 Å². The number of hydrogen-bond acceptors (Lipinski definition) is 4. The first-order valence-electron chi connectivity index (χ1n) is 4.44. The molecule has 2 rings (SSSR count). The van der Waals surface area contributed by atoms with Crippen LogP contribution < -0.4 is 4.72 Å². The lowest BCUT2D eigenvalue weighted by molar-refractivity contribution is -0.132. The lowest BCUT2D eigenvalue weighted by atomic mass is 10.2. The van der Waals surface area contributed by atoms with Crippen LogP contribution in [-0.4, -0.2) is 27.2 Å². The minimum atomic E-state index is -3.77. The standard InChI is InChI=1S/C8H10N2O4S/c1-14-8(11)7-4-6(5-2-3-5)9-15(12,13)10-7/h4-5,9H,2-3H2,1H3. The molecule has 0 aromatic carbocycles. The molecule has 0 aromatic rings. The molecule has 82 valence electrons. The number of carbonyl (C=O) groups is 1. The third-order valence-corrected chi connectivity index (χ3v) is 3.10. The molecule has 0 atom stereocenters. The molecule has 0 unspecified atom stereocenters. The fourth-order valence-corrected chi connectivity index (χ4v) is 2.26. The average Bonchev–Trinajstić information content (AvgIpc) is 2.97. The quantitative estimate of drug-likeness (QED) is 0.662. The van der Waals surface area contributed by atoms with Crippen LogP contribution in [0.4, 0.5) is 0 Å². The number of ether oxygens (including phenoxy) is 1. The summed E-state index contributed by atoms with van der Waals surface area (Å²) < 4.78 is 32.6. The van der Waals surface area contributed by atoms with Crippen molar-refractivity contribution in [2.75, 3.05) is 7.11 Å². The summed E-state index contributed by atoms with van der Waals surface area (Å²) in [5.74, 6) is -0.534. The maximum Gasteiger partial charge on any atom is 0.357 e. The van der Waals surface area contributed by atoms with Crippen LogP contribution in [0.25, 0.3) is 0 Å². The van der Waals surface area contributed by atoms with Crippen LogP contribution in [0.15, 0.2) is 16.2 Å². The molecule has 1 heterocycles. The van der Waals surface area contributed by atoms with Gasteiger partial charge in [-0.25, -0.2) is 4.79 Å². The summed E-state index contributed by atoms with van der Waals surface area (Å²) in [6, 6.07) is 0. The highest BCUT2D eigenvalue weighted by molar-refractivity contribution is 7.88. The molecule has 1 fully saturated rings. The zero-order valence-electron chi connectivity index (χ0n) is 8.06. The molecular formula is C8H10N2O4S. The third kappa shape index (κ3) is 2.17. The van der Waals surface area contributed by atoms with E-state index in [-0.39, 0.29) is 11.6 Å². The van der Waals surface area contributed by atoms with Crippen molar-refractivity contribution < 1.29 is 17.9 Å². The van der Waals surface area contributed by atoms with Gasteiger partial charge in [-0.1, -0.05) is 0 Å². The first-order valence-corrected chi connectivity index (χ1v) is 5.88. The number of allylic oxidation sites excluding steroid dienone is 1. The van der Waals surface area contributed by atoms with E-state index in [1.165, 1.54) is 13.2 Å². The first-order chi connectivity index (χ1) is 7.02. The van der Waals surface area contributed by atoms with Crippen molar-refractivity contribution in [2.24, 2.45) is 10.3 Å². The number of hydrogen-bond donors (Lipinski definition) is 1. The molecule has 0 aromatic heterocycles. The van der Waals surface area contributed by atoms with Gasteiger partial charge in [-0.3, -0.25) is 4.72 Å². The Morgan fingerprint density at radius 3 is 2.80 bits per heavy atom. The SMILES string of the molecule is COC(=O)C1=NS(=O)(=O)NC(C2CC2)=C1. The summed E-state index contributed by atoms with van der Waals surface area (Å²) in [7, 11) is -2.59. The highest BCUT2D eigenvalue weighted by Gasteiger charge is 2.32. The second kappa shape index (κ2) is 3.34. The van der Waals surface area contributed by atoms with Crippen LogP contribution in [0.1, 0.15) is 12.8 Å². The second-order valence-corrected chi connectivity index (χ2v) is 4.76. The summed E-state index contributed by atoms with van der Waals surface area (Å²) in [5, 5.41) is 0. The van der Waals surface area contributed by atoms with Crippen molar-refractivity contribution in [2.45, 2.75) is 12.8 Å². The highest BCUT2D eigenvalue weighted by atomic mass is 32.2. The molecule has 6 nitrogen and oxygen atoms in total. The number of nitrogens with one attached hydrogen (secondary N) is 1. The minimum absolute atomic E-state index is 0.168. The summed E-state index contributed by atoms with van der Waals surface area (Å²) in [6.07, 6.45) is 3.30. The Morgan fingerprint density at radius 2 is 2.27 bits per heavy atom. The third-order valence-electron chi connectivity index (χ3n) is 2.17. The largest absolute Gasteiger partial charge is 0.464 e. The lowest BCUT2D eigenvalue weighted by Gasteiger charge is -2.13. The van der Waals surface area contributed by atoms with Crippen LogP contribution in [-0.2, 0) is 19.7 Å². The van der Waals surface area contributed by atoms with Gasteiger partial charge in [-0.15, -0.1) is 4.40 Å². The van der Waals surface area contributed by atoms with E-state index in [0.717, 1.165) is 12.8 Å². The van der Waals surface area contributed by atoms with Gasteiger partial charge < -0.3 is 4.74 Å². The monoisotopic (exact) mass is 230 g/mol. The van der Waals surface area contributed by atoms with E-state index in [2.05, 4.69) is 13.9 Å². The van der Waals surface area contributed by atoms with Gasteiger partial charge in [-0.05, 0) is 24.8 Å². The van der Waals surface area contributed by atoms with Gasteiger partial charge in [0.25, 0.3) is 0 Å². The van der Waals surface area contributed by atoms with Crippen molar-refractivity contribution in [3.8, 4) is 0 Å². The highest BCUT2D eigenvalue weighted by Crippen LogP contribution is 2.36. The van der Waals surface area contributed by atoms with E-state index in [0.29, 0.717) is 5.70 Å². The van der Waals surface area contributed by atoms with Crippen molar-refractivity contribution in [1.82, 2.24) is 4.72 Å². The fraction of sp³-hybridized carbons (Fsp3) is 0.500. The van der Waals surface area contributed by atoms with E-state index in [1.54, 1.807) is 0 Å². The zero-order chi connectivity index (χ0) is 11.1. The predicted octanol–water partition coefficient (Wildman–Crippen LogP) is -0.258. The molecule has 1 N–H and O–H groups in total. The maximum absolute atomic E-state index is 11.3. The number of esters is 1. The van der Waals surface area contributed by atoms with Crippen LogP contribution in [0.5, 0.6) is 0 Å². The van der Waals surface area contributed by atoms with Gasteiger partial charge in [0.2, 0.25) is 0 Å². The minimum Gasteiger partial charge on any atom is -0.464 e. The van der Waals surface area contributed by atoms with Gasteiger partial charge in [0.1, 0.15) is 0 Å². The van der Waals surface area contributed by atoms with E-state index in [4.69, 9.17) is 0 Å². The molecule has 0 spiro atoms. The van der Waals surface area contributed by atoms with Gasteiger partial charge in [0.05, 0.1) is 7.11 Å². The predicted molar refractivity (Wildman–Crippen MR) is 52.3 cm³/mol. The topological polar surface area (TPSA) is 84.8 Å². The summed E-state index contributed by atoms with van der Waals surface area (Å²) >= 11 is 0. The Hall–Kier alpha value is -1.37. The van der Waals surface area contributed by atoms with Crippen molar-refractivity contribution >= 4 is 21.9 Å². The molecule has 0 saturated heterocycles. The summed E-state index contributed by atoms with van der Waals surface area (Å²) in [6.45, 7) is 0. The summed E-state index contributed by atoms with van der Waals surface area (Å²) in [4.78, 5) is 11.2. The summed E-state index contributed by atoms with van der Waals surface area (Å²) in [5.41, 5.74) is 0.364. The van der Waals surface area contributed by atoms with Gasteiger partial charge in [0, 0.05) is 5.70 Å². The zero-order valence-corrected chi connectivity index (χ0v) is 8.87. The lowest BCUT2D eigenvalue weighted by Crippen LogP contribution is -2.30. The Morgan fingerprint density at radius 1 is 1.60 bits per heavy atom. The van der Waals surface area contributed by atoms with E-state index in [9.17, 15) is 13.2 Å². The molecule has 0 bridgehead atoms. The van der Waals surface area contributed by atoms with E-state index in [1.807, 2.05) is 0 Å². The normalized spacial score (nSPS) is 23.5.